The van der Waals surface area contributed by atoms with Crippen LogP contribution in [0.5, 0.6) is 0 Å². The summed E-state index contributed by atoms with van der Waals surface area (Å²) in [6.45, 7) is 0. The molecule has 0 saturated carbocycles. The van der Waals surface area contributed by atoms with E-state index in [9.17, 15) is 0 Å². The minimum absolute atomic E-state index is 0.0727. The van der Waals surface area contributed by atoms with Gasteiger partial charge in [0.15, 0.2) is 5.58 Å². The third kappa shape index (κ3) is 2.14. The fourth-order valence-corrected chi connectivity index (χ4v) is 3.99. The summed E-state index contributed by atoms with van der Waals surface area (Å²) >= 11 is 8.10. The first-order valence-corrected chi connectivity index (χ1v) is 7.54. The van der Waals surface area contributed by atoms with Crippen molar-refractivity contribution in [1.82, 2.24) is 5.43 Å². The zero-order valence-corrected chi connectivity index (χ0v) is 11.4. The minimum Gasteiger partial charge on any atom is -0.458 e. The zero-order valence-electron chi connectivity index (χ0n) is 9.86. The zero-order chi connectivity index (χ0) is 12.5. The van der Waals surface area contributed by atoms with E-state index in [0.29, 0.717) is 10.9 Å². The second kappa shape index (κ2) is 5.13. The standard InChI is InChI=1S/C13H15ClN2OS/c14-10-3-1-2-8-6-11(17-13(8)10)12(16-15)9-4-5-18-7-9/h1-3,6,9,12,16H,4-5,7,15H2. The number of thioether (sulfide) groups is 1. The summed E-state index contributed by atoms with van der Waals surface area (Å²) in [5.74, 6) is 9.42. The summed E-state index contributed by atoms with van der Waals surface area (Å²) in [4.78, 5) is 0. The SMILES string of the molecule is NNC(c1cc2cccc(Cl)c2o1)C1CCSC1. The number of hydrogen-bond acceptors (Lipinski definition) is 4. The summed E-state index contributed by atoms with van der Waals surface area (Å²) < 4.78 is 5.88. The molecule has 3 N–H and O–H groups in total. The van der Waals surface area contributed by atoms with Gasteiger partial charge in [0.25, 0.3) is 0 Å². The van der Waals surface area contributed by atoms with Gasteiger partial charge in [-0.25, -0.2) is 5.43 Å². The van der Waals surface area contributed by atoms with Crippen LogP contribution in [-0.2, 0) is 0 Å². The van der Waals surface area contributed by atoms with Gasteiger partial charge in [0, 0.05) is 5.39 Å². The van der Waals surface area contributed by atoms with E-state index in [0.717, 1.165) is 22.5 Å². The van der Waals surface area contributed by atoms with Crippen molar-refractivity contribution in [1.29, 1.82) is 0 Å². The summed E-state index contributed by atoms with van der Waals surface area (Å²) in [6, 6.07) is 7.89. The Labute approximate surface area is 115 Å². The van der Waals surface area contributed by atoms with Crippen LogP contribution < -0.4 is 11.3 Å². The molecule has 1 aromatic carbocycles. The topological polar surface area (TPSA) is 51.2 Å². The van der Waals surface area contributed by atoms with Crippen LogP contribution in [0.2, 0.25) is 5.02 Å². The van der Waals surface area contributed by atoms with Crippen molar-refractivity contribution in [3.63, 3.8) is 0 Å². The van der Waals surface area contributed by atoms with Crippen LogP contribution in [0.3, 0.4) is 0 Å². The maximum absolute atomic E-state index is 6.13. The molecule has 2 heterocycles. The normalized spacial score (nSPS) is 21.6. The molecular weight excluding hydrogens is 268 g/mol. The lowest BCUT2D eigenvalue weighted by molar-refractivity contribution is 0.342. The van der Waals surface area contributed by atoms with Crippen LogP contribution in [0.25, 0.3) is 11.0 Å². The molecule has 1 aliphatic rings. The van der Waals surface area contributed by atoms with Gasteiger partial charge in [-0.15, -0.1) is 0 Å². The largest absolute Gasteiger partial charge is 0.458 e. The minimum atomic E-state index is 0.0727. The van der Waals surface area contributed by atoms with E-state index in [1.165, 1.54) is 12.2 Å². The maximum atomic E-state index is 6.13. The highest BCUT2D eigenvalue weighted by molar-refractivity contribution is 7.99. The summed E-state index contributed by atoms with van der Waals surface area (Å²) in [5, 5.41) is 1.68. The molecule has 0 spiro atoms. The number of furan rings is 1. The maximum Gasteiger partial charge on any atom is 0.152 e. The van der Waals surface area contributed by atoms with Crippen molar-refractivity contribution in [2.75, 3.05) is 11.5 Å². The lowest BCUT2D eigenvalue weighted by atomic mass is 9.97. The lowest BCUT2D eigenvalue weighted by Gasteiger charge is -2.19. The van der Waals surface area contributed by atoms with Crippen LogP contribution in [0.4, 0.5) is 0 Å². The molecule has 96 valence electrons. The van der Waals surface area contributed by atoms with Crippen molar-refractivity contribution >= 4 is 34.3 Å². The molecule has 0 radical (unpaired) electrons. The van der Waals surface area contributed by atoms with Crippen LogP contribution >= 0.6 is 23.4 Å². The Kier molecular flexibility index (Phi) is 3.52. The first-order chi connectivity index (χ1) is 8.79. The van der Waals surface area contributed by atoms with Gasteiger partial charge >= 0.3 is 0 Å². The molecule has 18 heavy (non-hydrogen) atoms. The molecule has 2 unspecified atom stereocenters. The highest BCUT2D eigenvalue weighted by Gasteiger charge is 2.28. The molecule has 5 heteroatoms. The van der Waals surface area contributed by atoms with Crippen LogP contribution in [0, 0.1) is 5.92 Å². The molecule has 3 rings (SSSR count). The highest BCUT2D eigenvalue weighted by atomic mass is 35.5. The number of para-hydroxylation sites is 1. The predicted molar refractivity (Wildman–Crippen MR) is 76.7 cm³/mol. The average Bonchev–Trinajstić information content (AvgIpc) is 3.00. The molecule has 3 nitrogen and oxygen atoms in total. The molecule has 1 aromatic heterocycles. The van der Waals surface area contributed by atoms with Gasteiger partial charge in [-0.2, -0.15) is 11.8 Å². The van der Waals surface area contributed by atoms with E-state index in [-0.39, 0.29) is 6.04 Å². The summed E-state index contributed by atoms with van der Waals surface area (Å²) in [5.41, 5.74) is 3.64. The van der Waals surface area contributed by atoms with Crippen LogP contribution in [-0.4, -0.2) is 11.5 Å². The number of nitrogens with one attached hydrogen (secondary N) is 1. The van der Waals surface area contributed by atoms with E-state index >= 15 is 0 Å². The Bertz CT molecular complexity index is 551. The van der Waals surface area contributed by atoms with Gasteiger partial charge in [0.2, 0.25) is 0 Å². The van der Waals surface area contributed by atoms with Crippen molar-refractivity contribution in [3.8, 4) is 0 Å². The second-order valence-electron chi connectivity index (χ2n) is 4.57. The summed E-state index contributed by atoms with van der Waals surface area (Å²) in [6.07, 6.45) is 1.17. The van der Waals surface area contributed by atoms with E-state index in [4.69, 9.17) is 21.9 Å². The van der Waals surface area contributed by atoms with Crippen molar-refractivity contribution in [2.45, 2.75) is 12.5 Å². The van der Waals surface area contributed by atoms with E-state index in [2.05, 4.69) is 5.43 Å². The Morgan fingerprint density at radius 1 is 1.50 bits per heavy atom. The van der Waals surface area contributed by atoms with Gasteiger partial charge < -0.3 is 4.42 Å². The van der Waals surface area contributed by atoms with E-state index in [1.807, 2.05) is 36.0 Å². The van der Waals surface area contributed by atoms with Gasteiger partial charge in [0.1, 0.15) is 5.76 Å². The molecule has 2 aromatic rings. The first kappa shape index (κ1) is 12.4. The molecule has 1 aliphatic heterocycles. The average molecular weight is 283 g/mol. The van der Waals surface area contributed by atoms with Crippen LogP contribution in [0.1, 0.15) is 18.2 Å². The smallest absolute Gasteiger partial charge is 0.152 e. The molecular formula is C13H15ClN2OS. The van der Waals surface area contributed by atoms with Crippen LogP contribution in [0.15, 0.2) is 28.7 Å². The highest BCUT2D eigenvalue weighted by Crippen LogP contribution is 2.37. The van der Waals surface area contributed by atoms with E-state index < -0.39 is 0 Å². The van der Waals surface area contributed by atoms with Crippen molar-refractivity contribution in [3.05, 3.63) is 35.0 Å². The van der Waals surface area contributed by atoms with Crippen molar-refractivity contribution in [2.24, 2.45) is 11.8 Å². The number of halogens is 1. The fourth-order valence-electron chi connectivity index (χ4n) is 2.47. The molecule has 2 atom stereocenters. The summed E-state index contributed by atoms with van der Waals surface area (Å²) in [7, 11) is 0. The van der Waals surface area contributed by atoms with Gasteiger partial charge in [-0.3, -0.25) is 5.84 Å². The van der Waals surface area contributed by atoms with Crippen molar-refractivity contribution < 1.29 is 4.42 Å². The Morgan fingerprint density at radius 2 is 2.39 bits per heavy atom. The van der Waals surface area contributed by atoms with Gasteiger partial charge in [-0.1, -0.05) is 23.7 Å². The molecule has 1 fully saturated rings. The Hall–Kier alpha value is -0.680. The third-order valence-corrected chi connectivity index (χ3v) is 4.92. The number of nitrogens with two attached hydrogens (primary N) is 1. The Morgan fingerprint density at radius 3 is 3.06 bits per heavy atom. The number of benzene rings is 1. The molecule has 0 bridgehead atoms. The predicted octanol–water partition coefficient (Wildman–Crippen LogP) is 3.34. The fraction of sp³-hybridized carbons (Fsp3) is 0.385. The first-order valence-electron chi connectivity index (χ1n) is 6.01. The molecule has 0 amide bonds. The third-order valence-electron chi connectivity index (χ3n) is 3.44. The van der Waals surface area contributed by atoms with E-state index in [1.54, 1.807) is 0 Å². The second-order valence-corrected chi connectivity index (χ2v) is 6.13. The molecule has 0 aliphatic carbocycles. The number of hydrogen-bond donors (Lipinski definition) is 2. The Balaban J connectivity index is 1.99. The number of hydrazine groups is 1. The monoisotopic (exact) mass is 282 g/mol. The van der Waals surface area contributed by atoms with Gasteiger partial charge in [0.05, 0.1) is 11.1 Å². The molecule has 1 saturated heterocycles. The quantitative estimate of drug-likeness (QED) is 0.670. The van der Waals surface area contributed by atoms with Gasteiger partial charge in [-0.05, 0) is 36.0 Å². The lowest BCUT2D eigenvalue weighted by Crippen LogP contribution is -2.33. The number of rotatable bonds is 3. The number of fused-ring (bicyclic) bond motifs is 1.